The fourth-order valence-corrected chi connectivity index (χ4v) is 2.28. The van der Waals surface area contributed by atoms with Gasteiger partial charge in [0.1, 0.15) is 5.75 Å². The zero-order valence-corrected chi connectivity index (χ0v) is 9.86. The second kappa shape index (κ2) is 5.30. The molecular formula is C13H20N2O. The predicted molar refractivity (Wildman–Crippen MR) is 64.6 cm³/mol. The van der Waals surface area contributed by atoms with E-state index in [1.165, 1.54) is 12.0 Å². The first-order valence-corrected chi connectivity index (χ1v) is 6.13. The summed E-state index contributed by atoms with van der Waals surface area (Å²) < 4.78 is 5.59. The van der Waals surface area contributed by atoms with Gasteiger partial charge in [-0.2, -0.15) is 0 Å². The molecule has 1 aromatic rings. The van der Waals surface area contributed by atoms with Gasteiger partial charge in [0.05, 0.1) is 12.8 Å². The molecule has 0 saturated heterocycles. The average Bonchev–Trinajstić information content (AvgIpc) is 2.74. The third kappa shape index (κ3) is 2.73. The van der Waals surface area contributed by atoms with E-state index in [2.05, 4.69) is 18.0 Å². The SMILES string of the molecule is CCCOc1cncc(C2CCC(N)C2)c1. The Morgan fingerprint density at radius 3 is 3.00 bits per heavy atom. The molecule has 88 valence electrons. The van der Waals surface area contributed by atoms with Crippen LogP contribution >= 0.6 is 0 Å². The third-order valence-corrected chi connectivity index (χ3v) is 3.15. The molecule has 16 heavy (non-hydrogen) atoms. The highest BCUT2D eigenvalue weighted by Gasteiger charge is 2.23. The lowest BCUT2D eigenvalue weighted by Crippen LogP contribution is -2.14. The molecule has 0 bridgehead atoms. The Bertz CT molecular complexity index is 340. The second-order valence-electron chi connectivity index (χ2n) is 4.57. The highest BCUT2D eigenvalue weighted by molar-refractivity contribution is 5.27. The molecule has 2 unspecified atom stereocenters. The summed E-state index contributed by atoms with van der Waals surface area (Å²) in [7, 11) is 0. The minimum Gasteiger partial charge on any atom is -0.492 e. The van der Waals surface area contributed by atoms with E-state index < -0.39 is 0 Å². The van der Waals surface area contributed by atoms with Crippen molar-refractivity contribution in [3.05, 3.63) is 24.0 Å². The van der Waals surface area contributed by atoms with Crippen molar-refractivity contribution in [1.29, 1.82) is 0 Å². The Hall–Kier alpha value is -1.09. The molecule has 0 aliphatic heterocycles. The van der Waals surface area contributed by atoms with Crippen molar-refractivity contribution in [3.8, 4) is 5.75 Å². The van der Waals surface area contributed by atoms with E-state index in [0.29, 0.717) is 12.0 Å². The number of ether oxygens (including phenoxy) is 1. The molecule has 2 N–H and O–H groups in total. The minimum absolute atomic E-state index is 0.366. The van der Waals surface area contributed by atoms with E-state index in [1.54, 1.807) is 6.20 Å². The van der Waals surface area contributed by atoms with Gasteiger partial charge in [-0.3, -0.25) is 4.98 Å². The van der Waals surface area contributed by atoms with Crippen LogP contribution in [0, 0.1) is 0 Å². The van der Waals surface area contributed by atoms with Crippen LogP contribution in [0.3, 0.4) is 0 Å². The molecule has 3 heteroatoms. The fourth-order valence-electron chi connectivity index (χ4n) is 2.28. The topological polar surface area (TPSA) is 48.1 Å². The van der Waals surface area contributed by atoms with Crippen molar-refractivity contribution in [2.24, 2.45) is 5.73 Å². The van der Waals surface area contributed by atoms with Crippen LogP contribution in [0.5, 0.6) is 5.75 Å². The Labute approximate surface area is 97.0 Å². The summed E-state index contributed by atoms with van der Waals surface area (Å²) >= 11 is 0. The molecule has 1 saturated carbocycles. The first-order chi connectivity index (χ1) is 7.79. The Morgan fingerprint density at radius 2 is 2.31 bits per heavy atom. The van der Waals surface area contributed by atoms with Gasteiger partial charge in [0.15, 0.2) is 0 Å². The van der Waals surface area contributed by atoms with Crippen molar-refractivity contribution in [1.82, 2.24) is 4.98 Å². The zero-order chi connectivity index (χ0) is 11.4. The molecule has 1 heterocycles. The van der Waals surface area contributed by atoms with Crippen molar-refractivity contribution >= 4 is 0 Å². The molecule has 1 aliphatic carbocycles. The van der Waals surface area contributed by atoms with Gasteiger partial charge < -0.3 is 10.5 Å². The number of aromatic nitrogens is 1. The second-order valence-corrected chi connectivity index (χ2v) is 4.57. The van der Waals surface area contributed by atoms with Crippen LogP contribution in [0.15, 0.2) is 18.5 Å². The van der Waals surface area contributed by atoms with E-state index in [4.69, 9.17) is 10.5 Å². The monoisotopic (exact) mass is 220 g/mol. The van der Waals surface area contributed by atoms with Gasteiger partial charge in [-0.1, -0.05) is 6.92 Å². The standard InChI is InChI=1S/C13H20N2O/c1-2-5-16-13-7-11(8-15-9-13)10-3-4-12(14)6-10/h7-10,12H,2-6,14H2,1H3. The first-order valence-electron chi connectivity index (χ1n) is 6.13. The number of hydrogen-bond donors (Lipinski definition) is 1. The smallest absolute Gasteiger partial charge is 0.137 e. The lowest BCUT2D eigenvalue weighted by atomic mass is 9.99. The van der Waals surface area contributed by atoms with Gasteiger partial charge in [-0.15, -0.1) is 0 Å². The third-order valence-electron chi connectivity index (χ3n) is 3.15. The maximum absolute atomic E-state index is 5.93. The maximum Gasteiger partial charge on any atom is 0.137 e. The van der Waals surface area contributed by atoms with E-state index in [1.807, 2.05) is 6.20 Å². The summed E-state index contributed by atoms with van der Waals surface area (Å²) in [6, 6.07) is 2.48. The fraction of sp³-hybridized carbons (Fsp3) is 0.615. The molecule has 2 rings (SSSR count). The molecule has 0 radical (unpaired) electrons. The van der Waals surface area contributed by atoms with Crippen molar-refractivity contribution in [2.75, 3.05) is 6.61 Å². The first kappa shape index (κ1) is 11.4. The molecule has 1 aliphatic rings. The molecular weight excluding hydrogens is 200 g/mol. The van der Waals surface area contributed by atoms with Crippen LogP contribution in [0.2, 0.25) is 0 Å². The lowest BCUT2D eigenvalue weighted by Gasteiger charge is -2.11. The lowest BCUT2D eigenvalue weighted by molar-refractivity contribution is 0.315. The number of rotatable bonds is 4. The predicted octanol–water partition coefficient (Wildman–Crippen LogP) is 2.47. The minimum atomic E-state index is 0.366. The number of hydrogen-bond acceptors (Lipinski definition) is 3. The zero-order valence-electron chi connectivity index (χ0n) is 9.86. The van der Waals surface area contributed by atoms with Crippen LogP contribution in [0.25, 0.3) is 0 Å². The van der Waals surface area contributed by atoms with E-state index in [9.17, 15) is 0 Å². The van der Waals surface area contributed by atoms with Crippen molar-refractivity contribution < 1.29 is 4.74 Å². The van der Waals surface area contributed by atoms with Gasteiger partial charge in [0, 0.05) is 12.2 Å². The Balaban J connectivity index is 2.04. The summed E-state index contributed by atoms with van der Waals surface area (Å²) in [5.41, 5.74) is 7.21. The average molecular weight is 220 g/mol. The van der Waals surface area contributed by atoms with Crippen LogP contribution < -0.4 is 10.5 Å². The summed E-state index contributed by atoms with van der Waals surface area (Å²) in [4.78, 5) is 4.24. The molecule has 2 atom stereocenters. The van der Waals surface area contributed by atoms with Crippen molar-refractivity contribution in [2.45, 2.75) is 44.6 Å². The van der Waals surface area contributed by atoms with Gasteiger partial charge in [0.2, 0.25) is 0 Å². The Morgan fingerprint density at radius 1 is 1.44 bits per heavy atom. The highest BCUT2D eigenvalue weighted by Crippen LogP contribution is 2.34. The number of nitrogens with zero attached hydrogens (tertiary/aromatic N) is 1. The quantitative estimate of drug-likeness (QED) is 0.848. The molecule has 3 nitrogen and oxygen atoms in total. The molecule has 1 fully saturated rings. The van der Waals surface area contributed by atoms with E-state index >= 15 is 0 Å². The van der Waals surface area contributed by atoms with Gasteiger partial charge >= 0.3 is 0 Å². The van der Waals surface area contributed by atoms with E-state index in [0.717, 1.165) is 31.6 Å². The Kier molecular flexibility index (Phi) is 3.78. The van der Waals surface area contributed by atoms with Crippen LogP contribution in [-0.4, -0.2) is 17.6 Å². The van der Waals surface area contributed by atoms with Crippen LogP contribution in [0.1, 0.15) is 44.1 Å². The summed E-state index contributed by atoms with van der Waals surface area (Å²) in [6.45, 7) is 2.86. The van der Waals surface area contributed by atoms with Crippen LogP contribution in [0.4, 0.5) is 0 Å². The largest absolute Gasteiger partial charge is 0.492 e. The normalized spacial score (nSPS) is 24.6. The summed E-state index contributed by atoms with van der Waals surface area (Å²) in [5, 5.41) is 0. The summed E-state index contributed by atoms with van der Waals surface area (Å²) in [6.07, 6.45) is 8.15. The number of nitrogens with two attached hydrogens (primary N) is 1. The van der Waals surface area contributed by atoms with E-state index in [-0.39, 0.29) is 0 Å². The molecule has 0 aromatic carbocycles. The van der Waals surface area contributed by atoms with Crippen LogP contribution in [-0.2, 0) is 0 Å². The number of pyridine rings is 1. The molecule has 1 aromatic heterocycles. The molecule has 0 amide bonds. The van der Waals surface area contributed by atoms with Gasteiger partial charge in [-0.05, 0) is 43.2 Å². The summed E-state index contributed by atoms with van der Waals surface area (Å²) in [5.74, 6) is 1.47. The van der Waals surface area contributed by atoms with Gasteiger partial charge in [0.25, 0.3) is 0 Å². The van der Waals surface area contributed by atoms with Crippen molar-refractivity contribution in [3.63, 3.8) is 0 Å². The highest BCUT2D eigenvalue weighted by atomic mass is 16.5. The van der Waals surface area contributed by atoms with Gasteiger partial charge in [-0.25, -0.2) is 0 Å². The maximum atomic E-state index is 5.93. The molecule has 0 spiro atoms.